The zero-order valence-corrected chi connectivity index (χ0v) is 19.5. The van der Waals surface area contributed by atoms with Gasteiger partial charge >= 0.3 is 0 Å². The molecule has 0 spiro atoms. The van der Waals surface area contributed by atoms with Crippen molar-refractivity contribution in [2.45, 2.75) is 4.90 Å². The third-order valence-corrected chi connectivity index (χ3v) is 7.03. The van der Waals surface area contributed by atoms with E-state index in [1.807, 2.05) is 6.07 Å². The molecule has 3 aromatic carbocycles. The van der Waals surface area contributed by atoms with E-state index in [-0.39, 0.29) is 27.6 Å². The largest absolute Gasteiger partial charge is 0.495 e. The van der Waals surface area contributed by atoms with Gasteiger partial charge in [-0.2, -0.15) is 9.78 Å². The molecule has 174 valence electrons. The Labute approximate surface area is 196 Å². The number of aromatic nitrogens is 2. The first kappa shape index (κ1) is 23.1. The van der Waals surface area contributed by atoms with Crippen LogP contribution in [0.4, 0.5) is 5.69 Å². The van der Waals surface area contributed by atoms with E-state index in [4.69, 9.17) is 4.74 Å². The minimum Gasteiger partial charge on any atom is -0.495 e. The molecular formula is C24H22N4O5S. The van der Waals surface area contributed by atoms with Gasteiger partial charge in [0.25, 0.3) is 11.5 Å². The molecule has 0 aliphatic heterocycles. The van der Waals surface area contributed by atoms with Crippen LogP contribution in [0.2, 0.25) is 0 Å². The number of carbonyl (C=O) groups is 1. The molecule has 0 saturated carbocycles. The van der Waals surface area contributed by atoms with E-state index in [0.717, 1.165) is 4.31 Å². The summed E-state index contributed by atoms with van der Waals surface area (Å²) in [6, 6.07) is 19.6. The molecule has 0 fully saturated rings. The molecule has 10 heteroatoms. The van der Waals surface area contributed by atoms with Gasteiger partial charge in [0.15, 0.2) is 5.69 Å². The fraction of sp³-hybridized carbons (Fsp3) is 0.125. The van der Waals surface area contributed by atoms with Crippen molar-refractivity contribution in [3.63, 3.8) is 0 Å². The third kappa shape index (κ3) is 4.16. The number of ether oxygens (including phenoxy) is 1. The normalized spacial score (nSPS) is 11.5. The molecule has 0 saturated heterocycles. The number of sulfonamides is 1. The number of carbonyl (C=O) groups excluding carboxylic acids is 1. The summed E-state index contributed by atoms with van der Waals surface area (Å²) in [6.45, 7) is 0. The molecule has 0 bridgehead atoms. The molecule has 9 nitrogen and oxygen atoms in total. The van der Waals surface area contributed by atoms with Gasteiger partial charge in [-0.3, -0.25) is 9.59 Å². The number of rotatable bonds is 6. The van der Waals surface area contributed by atoms with E-state index in [9.17, 15) is 18.0 Å². The molecule has 34 heavy (non-hydrogen) atoms. The van der Waals surface area contributed by atoms with E-state index in [1.54, 1.807) is 48.5 Å². The van der Waals surface area contributed by atoms with Gasteiger partial charge in [-0.05, 0) is 36.4 Å². The number of para-hydroxylation sites is 1. The summed E-state index contributed by atoms with van der Waals surface area (Å²) in [5, 5.41) is 7.73. The quantitative estimate of drug-likeness (QED) is 0.456. The smallest absolute Gasteiger partial charge is 0.279 e. The SMILES string of the molecule is COc1ccc(S(=O)(=O)N(C)C)cc1NC(=O)c1nn(-c2ccccc2)c(=O)c2ccccc12. The standard InChI is InChI=1S/C24H22N4O5S/c1-27(2)34(31,32)17-13-14-21(33-3)20(15-17)25-23(29)22-18-11-7-8-12-19(18)24(30)28(26-22)16-9-5-4-6-10-16/h4-15H,1-3H3,(H,25,29). The first-order chi connectivity index (χ1) is 16.2. The second-order valence-electron chi connectivity index (χ2n) is 7.55. The Morgan fingerprint density at radius 2 is 1.62 bits per heavy atom. The number of hydrogen-bond acceptors (Lipinski definition) is 6. The van der Waals surface area contributed by atoms with E-state index in [2.05, 4.69) is 10.4 Å². The van der Waals surface area contributed by atoms with Gasteiger partial charge in [-0.25, -0.2) is 12.7 Å². The summed E-state index contributed by atoms with van der Waals surface area (Å²) < 4.78 is 32.7. The lowest BCUT2D eigenvalue weighted by atomic mass is 10.1. The number of fused-ring (bicyclic) bond motifs is 1. The van der Waals surface area contributed by atoms with Gasteiger partial charge in [-0.15, -0.1) is 0 Å². The van der Waals surface area contributed by atoms with E-state index in [1.165, 1.54) is 44.1 Å². The Kier molecular flexibility index (Phi) is 6.18. The number of nitrogens with one attached hydrogen (secondary N) is 1. The Morgan fingerprint density at radius 3 is 2.26 bits per heavy atom. The predicted molar refractivity (Wildman–Crippen MR) is 129 cm³/mol. The first-order valence-corrected chi connectivity index (χ1v) is 11.7. The summed E-state index contributed by atoms with van der Waals surface area (Å²) in [5.41, 5.74) is 0.291. The molecule has 0 aliphatic carbocycles. The molecule has 1 heterocycles. The summed E-state index contributed by atoms with van der Waals surface area (Å²) in [5.74, 6) is -0.356. The van der Waals surface area contributed by atoms with E-state index >= 15 is 0 Å². The minimum absolute atomic E-state index is 0.00183. The number of amides is 1. The van der Waals surface area contributed by atoms with Crippen LogP contribution < -0.4 is 15.6 Å². The molecule has 4 aromatic rings. The Balaban J connectivity index is 1.85. The molecular weight excluding hydrogens is 456 g/mol. The Bertz CT molecular complexity index is 1550. The molecule has 0 unspecified atom stereocenters. The van der Waals surface area contributed by atoms with Crippen molar-refractivity contribution in [3.05, 3.63) is 88.8 Å². The van der Waals surface area contributed by atoms with Crippen molar-refractivity contribution >= 4 is 32.4 Å². The predicted octanol–water partition coefficient (Wildman–Crippen LogP) is 2.90. The highest BCUT2D eigenvalue weighted by molar-refractivity contribution is 7.89. The highest BCUT2D eigenvalue weighted by Crippen LogP contribution is 2.29. The van der Waals surface area contributed by atoms with Crippen LogP contribution in [0.3, 0.4) is 0 Å². The number of hydrogen-bond donors (Lipinski definition) is 1. The van der Waals surface area contributed by atoms with Gasteiger partial charge in [0.05, 0.1) is 28.8 Å². The van der Waals surface area contributed by atoms with Crippen molar-refractivity contribution in [2.75, 3.05) is 26.5 Å². The summed E-state index contributed by atoms with van der Waals surface area (Å²) in [7, 11) is 0.503. The number of methoxy groups -OCH3 is 1. The maximum absolute atomic E-state index is 13.4. The second kappa shape index (κ2) is 9.08. The zero-order valence-electron chi connectivity index (χ0n) is 18.7. The fourth-order valence-electron chi connectivity index (χ4n) is 3.44. The Hall–Kier alpha value is -4.02. The van der Waals surface area contributed by atoms with E-state index in [0.29, 0.717) is 16.5 Å². The first-order valence-electron chi connectivity index (χ1n) is 10.2. The van der Waals surface area contributed by atoms with Crippen molar-refractivity contribution in [3.8, 4) is 11.4 Å². The molecule has 0 radical (unpaired) electrons. The van der Waals surface area contributed by atoms with Crippen LogP contribution in [0.15, 0.2) is 82.5 Å². The second-order valence-corrected chi connectivity index (χ2v) is 9.70. The zero-order chi connectivity index (χ0) is 24.5. The number of benzene rings is 3. The van der Waals surface area contributed by atoms with Crippen LogP contribution in [0.25, 0.3) is 16.5 Å². The van der Waals surface area contributed by atoms with E-state index < -0.39 is 15.9 Å². The van der Waals surface area contributed by atoms with Crippen molar-refractivity contribution in [2.24, 2.45) is 0 Å². The number of nitrogens with zero attached hydrogens (tertiary/aromatic N) is 3. The van der Waals surface area contributed by atoms with Gasteiger partial charge in [0.2, 0.25) is 10.0 Å². The summed E-state index contributed by atoms with van der Waals surface area (Å²) in [6.07, 6.45) is 0. The van der Waals surface area contributed by atoms with Crippen LogP contribution >= 0.6 is 0 Å². The molecule has 1 N–H and O–H groups in total. The van der Waals surface area contributed by atoms with Crippen molar-refractivity contribution in [1.29, 1.82) is 0 Å². The topological polar surface area (TPSA) is 111 Å². The molecule has 0 atom stereocenters. The average Bonchev–Trinajstić information content (AvgIpc) is 2.84. The maximum atomic E-state index is 13.4. The fourth-order valence-corrected chi connectivity index (χ4v) is 4.37. The van der Waals surface area contributed by atoms with Gasteiger partial charge in [0, 0.05) is 19.5 Å². The van der Waals surface area contributed by atoms with Gasteiger partial charge < -0.3 is 10.1 Å². The summed E-state index contributed by atoms with van der Waals surface area (Å²) in [4.78, 5) is 26.4. The number of anilines is 1. The molecule has 1 amide bonds. The lowest BCUT2D eigenvalue weighted by Crippen LogP contribution is -2.26. The monoisotopic (exact) mass is 478 g/mol. The molecule has 4 rings (SSSR count). The third-order valence-electron chi connectivity index (χ3n) is 5.22. The van der Waals surface area contributed by atoms with Crippen LogP contribution in [0.5, 0.6) is 5.75 Å². The molecule has 0 aliphatic rings. The minimum atomic E-state index is -3.74. The maximum Gasteiger partial charge on any atom is 0.279 e. The lowest BCUT2D eigenvalue weighted by molar-refractivity contribution is 0.102. The van der Waals surface area contributed by atoms with Crippen LogP contribution in [-0.2, 0) is 10.0 Å². The van der Waals surface area contributed by atoms with Crippen molar-refractivity contribution in [1.82, 2.24) is 14.1 Å². The van der Waals surface area contributed by atoms with Crippen LogP contribution in [-0.4, -0.2) is 49.6 Å². The van der Waals surface area contributed by atoms with Crippen LogP contribution in [0.1, 0.15) is 10.5 Å². The molecule has 1 aromatic heterocycles. The van der Waals surface area contributed by atoms with Gasteiger partial charge in [-0.1, -0.05) is 36.4 Å². The summed E-state index contributed by atoms with van der Waals surface area (Å²) >= 11 is 0. The highest BCUT2D eigenvalue weighted by atomic mass is 32.2. The van der Waals surface area contributed by atoms with Gasteiger partial charge in [0.1, 0.15) is 5.75 Å². The lowest BCUT2D eigenvalue weighted by Gasteiger charge is -2.16. The highest BCUT2D eigenvalue weighted by Gasteiger charge is 2.22. The Morgan fingerprint density at radius 1 is 0.971 bits per heavy atom. The van der Waals surface area contributed by atoms with Crippen molar-refractivity contribution < 1.29 is 17.9 Å². The van der Waals surface area contributed by atoms with Crippen LogP contribution in [0, 0.1) is 0 Å². The average molecular weight is 479 g/mol.